The van der Waals surface area contributed by atoms with Gasteiger partial charge in [-0.1, -0.05) is 70.8 Å². The summed E-state index contributed by atoms with van der Waals surface area (Å²) < 4.78 is 5.23. The lowest BCUT2D eigenvalue weighted by Crippen LogP contribution is -2.34. The molecule has 1 aromatic carbocycles. The third-order valence-corrected chi connectivity index (χ3v) is 4.28. The Morgan fingerprint density at radius 2 is 1.64 bits per heavy atom. The van der Waals surface area contributed by atoms with Gasteiger partial charge in [0, 0.05) is 12.0 Å². The van der Waals surface area contributed by atoms with Crippen LogP contribution < -0.4 is 5.73 Å². The average Bonchev–Trinajstić information content (AvgIpc) is 2.61. The molecule has 0 aliphatic heterocycles. The van der Waals surface area contributed by atoms with Crippen molar-refractivity contribution in [1.82, 2.24) is 0 Å². The first-order valence-electron chi connectivity index (χ1n) is 9.67. The van der Waals surface area contributed by atoms with Crippen molar-refractivity contribution in [2.24, 2.45) is 5.73 Å². The Balaban J connectivity index is 1.98. The maximum atomic E-state index is 11.9. The van der Waals surface area contributed by atoms with Gasteiger partial charge in [0.1, 0.15) is 6.04 Å². The van der Waals surface area contributed by atoms with Gasteiger partial charge in [0.15, 0.2) is 5.75 Å². The maximum Gasteiger partial charge on any atom is 0.323 e. The van der Waals surface area contributed by atoms with E-state index in [1.165, 1.54) is 57.4 Å². The third-order valence-electron chi connectivity index (χ3n) is 4.28. The molecule has 0 amide bonds. The Morgan fingerprint density at radius 3 is 2.20 bits per heavy atom. The smallest absolute Gasteiger partial charge is 0.323 e. The van der Waals surface area contributed by atoms with Crippen molar-refractivity contribution in [2.75, 3.05) is 6.61 Å². The van der Waals surface area contributed by atoms with Crippen LogP contribution in [0.2, 0.25) is 0 Å². The Bertz CT molecular complexity index is 459. The average molecular weight is 347 g/mol. The van der Waals surface area contributed by atoms with Crippen LogP contribution in [0.1, 0.15) is 76.7 Å². The second kappa shape index (κ2) is 13.5. The highest BCUT2D eigenvalue weighted by molar-refractivity contribution is 5.75. The lowest BCUT2D eigenvalue weighted by Gasteiger charge is -2.10. The van der Waals surface area contributed by atoms with E-state index < -0.39 is 6.04 Å². The molecule has 0 saturated heterocycles. The molecule has 1 rings (SSSR count). The SMILES string of the molecule is CCCCCCCCCCCCOC(=O)C(N)Cc1c#cc(O)cc1. The largest absolute Gasteiger partial charge is 0.501 e. The number of aromatic hydroxyl groups is 1. The predicted molar refractivity (Wildman–Crippen MR) is 100 cm³/mol. The number of carbonyl (C=O) groups is 1. The standard InChI is InChI=1S/C21H33NO3/c1-2-3-4-5-6-7-8-9-10-11-16-25-21(24)20(22)17-18-12-14-19(23)15-13-18/h12,14,20,23H,2-11,16-17,22H2,1H3. The third kappa shape index (κ3) is 10.7. The van der Waals surface area contributed by atoms with Crippen LogP contribution in [-0.4, -0.2) is 23.7 Å². The fourth-order valence-electron chi connectivity index (χ4n) is 2.72. The van der Waals surface area contributed by atoms with Crippen LogP contribution in [-0.2, 0) is 16.0 Å². The zero-order chi connectivity index (χ0) is 18.3. The molecule has 0 spiro atoms. The molecule has 0 heterocycles. The summed E-state index contributed by atoms with van der Waals surface area (Å²) in [7, 11) is 0. The van der Waals surface area contributed by atoms with E-state index in [1.54, 1.807) is 6.07 Å². The van der Waals surface area contributed by atoms with Crippen LogP contribution in [0.15, 0.2) is 12.1 Å². The van der Waals surface area contributed by atoms with Crippen LogP contribution in [0.25, 0.3) is 0 Å². The fourth-order valence-corrected chi connectivity index (χ4v) is 2.72. The molecule has 4 nitrogen and oxygen atoms in total. The summed E-state index contributed by atoms with van der Waals surface area (Å²) in [5.41, 5.74) is 6.58. The van der Waals surface area contributed by atoms with E-state index in [1.807, 2.05) is 0 Å². The minimum absolute atomic E-state index is 0.0286. The minimum Gasteiger partial charge on any atom is -0.501 e. The summed E-state index contributed by atoms with van der Waals surface area (Å²) in [6.45, 7) is 2.68. The Kier molecular flexibility index (Phi) is 11.6. The highest BCUT2D eigenvalue weighted by Crippen LogP contribution is 2.11. The van der Waals surface area contributed by atoms with E-state index in [4.69, 9.17) is 15.6 Å². The van der Waals surface area contributed by atoms with Crippen molar-refractivity contribution in [1.29, 1.82) is 0 Å². The van der Waals surface area contributed by atoms with Crippen LogP contribution in [0.4, 0.5) is 0 Å². The van der Waals surface area contributed by atoms with E-state index in [9.17, 15) is 4.79 Å². The zero-order valence-corrected chi connectivity index (χ0v) is 15.6. The van der Waals surface area contributed by atoms with Crippen molar-refractivity contribution in [2.45, 2.75) is 83.6 Å². The lowest BCUT2D eigenvalue weighted by molar-refractivity contribution is -0.145. The van der Waals surface area contributed by atoms with Gasteiger partial charge in [-0.25, -0.2) is 0 Å². The zero-order valence-electron chi connectivity index (χ0n) is 15.6. The number of unbranched alkanes of at least 4 members (excludes halogenated alkanes) is 9. The predicted octanol–water partition coefficient (Wildman–Crippen LogP) is 4.33. The Labute approximate surface area is 152 Å². The molecule has 0 aromatic heterocycles. The number of hydrogen-bond donors (Lipinski definition) is 2. The molecule has 140 valence electrons. The minimum atomic E-state index is -0.697. The fraction of sp³-hybridized carbons (Fsp3) is 0.667. The monoisotopic (exact) mass is 347 g/mol. The van der Waals surface area contributed by atoms with Crippen LogP contribution in [0.3, 0.4) is 0 Å². The molecule has 1 aromatic rings. The number of ether oxygens (including phenoxy) is 1. The van der Waals surface area contributed by atoms with E-state index in [0.717, 1.165) is 18.4 Å². The van der Waals surface area contributed by atoms with Gasteiger partial charge in [-0.05, 0) is 24.6 Å². The van der Waals surface area contributed by atoms with Crippen LogP contribution >= 0.6 is 0 Å². The second-order valence-corrected chi connectivity index (χ2v) is 6.65. The molecule has 1 atom stereocenters. The number of carbonyl (C=O) groups excluding carboxylic acids is 1. The van der Waals surface area contributed by atoms with E-state index in [0.29, 0.717) is 13.0 Å². The van der Waals surface area contributed by atoms with Gasteiger partial charge < -0.3 is 15.6 Å². The molecule has 1 unspecified atom stereocenters. The van der Waals surface area contributed by atoms with Gasteiger partial charge in [0.25, 0.3) is 0 Å². The topological polar surface area (TPSA) is 72.5 Å². The molecule has 25 heavy (non-hydrogen) atoms. The molecule has 4 heteroatoms. The van der Waals surface area contributed by atoms with E-state index in [2.05, 4.69) is 19.1 Å². The first kappa shape index (κ1) is 21.3. The van der Waals surface area contributed by atoms with Gasteiger partial charge in [0.2, 0.25) is 0 Å². The summed E-state index contributed by atoms with van der Waals surface area (Å²) in [5, 5.41) is 9.16. The molecular weight excluding hydrogens is 314 g/mol. The summed E-state index contributed by atoms with van der Waals surface area (Å²) in [5.74, 6) is -0.349. The van der Waals surface area contributed by atoms with Crippen molar-refractivity contribution in [3.8, 4) is 5.75 Å². The van der Waals surface area contributed by atoms with Crippen molar-refractivity contribution in [3.63, 3.8) is 0 Å². The van der Waals surface area contributed by atoms with Gasteiger partial charge in [0.05, 0.1) is 6.61 Å². The molecule has 3 N–H and O–H groups in total. The summed E-state index contributed by atoms with van der Waals surface area (Å²) in [6, 6.07) is 7.82. The highest BCUT2D eigenvalue weighted by atomic mass is 16.5. The van der Waals surface area contributed by atoms with Crippen LogP contribution in [0, 0.1) is 12.1 Å². The molecule has 0 aliphatic carbocycles. The molecule has 0 aliphatic rings. The number of esters is 1. The lowest BCUT2D eigenvalue weighted by atomic mass is 10.1. The summed E-state index contributed by atoms with van der Waals surface area (Å²) in [6.07, 6.45) is 12.8. The van der Waals surface area contributed by atoms with E-state index in [-0.39, 0.29) is 11.7 Å². The quantitative estimate of drug-likeness (QED) is 0.388. The summed E-state index contributed by atoms with van der Waals surface area (Å²) >= 11 is 0. The van der Waals surface area contributed by atoms with Crippen molar-refractivity contribution in [3.05, 3.63) is 29.8 Å². The normalized spacial score (nSPS) is 11.8. The van der Waals surface area contributed by atoms with Gasteiger partial charge >= 0.3 is 5.97 Å². The number of nitrogens with two attached hydrogens (primary N) is 1. The van der Waals surface area contributed by atoms with Gasteiger partial charge in [-0.15, -0.1) is 0 Å². The van der Waals surface area contributed by atoms with Gasteiger partial charge in [-0.2, -0.15) is 0 Å². The highest BCUT2D eigenvalue weighted by Gasteiger charge is 2.15. The van der Waals surface area contributed by atoms with Crippen molar-refractivity contribution < 1.29 is 14.6 Å². The number of rotatable bonds is 14. The van der Waals surface area contributed by atoms with Gasteiger partial charge in [-0.3, -0.25) is 4.79 Å². The molecule has 0 saturated carbocycles. The van der Waals surface area contributed by atoms with Crippen molar-refractivity contribution >= 4 is 5.97 Å². The maximum absolute atomic E-state index is 11.9. The van der Waals surface area contributed by atoms with Crippen LogP contribution in [0.5, 0.6) is 5.75 Å². The molecular formula is C21H33NO3. The second-order valence-electron chi connectivity index (χ2n) is 6.65. The first-order valence-corrected chi connectivity index (χ1v) is 9.67. The molecule has 0 bridgehead atoms. The van der Waals surface area contributed by atoms with E-state index >= 15 is 0 Å². The Morgan fingerprint density at radius 1 is 1.04 bits per heavy atom. The number of hydrogen-bond acceptors (Lipinski definition) is 4. The molecule has 0 fully saturated rings. The Hall–Kier alpha value is -1.73. The summed E-state index contributed by atoms with van der Waals surface area (Å²) in [4.78, 5) is 11.9. The first-order chi connectivity index (χ1) is 12.1. The molecule has 0 radical (unpaired) electrons.